The maximum atomic E-state index is 13.0. The lowest BCUT2D eigenvalue weighted by Crippen LogP contribution is -2.16. The molecule has 0 aliphatic heterocycles. The van der Waals surface area contributed by atoms with E-state index >= 15 is 0 Å². The molecule has 2 heterocycles. The summed E-state index contributed by atoms with van der Waals surface area (Å²) in [6, 6.07) is 10.00. The molecule has 7 nitrogen and oxygen atoms in total. The third-order valence-electron chi connectivity index (χ3n) is 7.50. The summed E-state index contributed by atoms with van der Waals surface area (Å²) in [5, 5.41) is 15.9. The highest BCUT2D eigenvalue weighted by Gasteiger charge is 2.30. The monoisotopic (exact) mass is 569 g/mol. The second-order valence-electron chi connectivity index (χ2n) is 11.4. The van der Waals surface area contributed by atoms with Gasteiger partial charge in [0.05, 0.1) is 11.3 Å². The van der Waals surface area contributed by atoms with Crippen molar-refractivity contribution in [2.45, 2.75) is 65.7 Å². The lowest BCUT2D eigenvalue weighted by Gasteiger charge is -2.21. The van der Waals surface area contributed by atoms with E-state index in [1.54, 1.807) is 12.4 Å². The highest BCUT2D eigenvalue weighted by atomic mass is 19.4. The van der Waals surface area contributed by atoms with Gasteiger partial charge in [0.25, 0.3) is 0 Å². The van der Waals surface area contributed by atoms with E-state index in [0.717, 1.165) is 79.8 Å². The Bertz CT molecular complexity index is 1420. The van der Waals surface area contributed by atoms with Gasteiger partial charge in [-0.15, -0.1) is 10.2 Å². The SMILES string of the molecule is Cc1cc(-n2cnnc2C)cc(NCCC(C)CCCCNCc2cc3cc(C(F)(F)F)ccc3[nH]2)c1CN(C)C. The Morgan fingerprint density at radius 1 is 1.02 bits per heavy atom. The predicted molar refractivity (Wildman–Crippen MR) is 159 cm³/mol. The molecule has 0 aliphatic rings. The Balaban J connectivity index is 1.20. The van der Waals surface area contributed by atoms with Crippen molar-refractivity contribution < 1.29 is 13.2 Å². The van der Waals surface area contributed by atoms with Crippen molar-refractivity contribution in [1.82, 2.24) is 30.0 Å². The van der Waals surface area contributed by atoms with E-state index in [0.29, 0.717) is 17.8 Å². The number of anilines is 1. The largest absolute Gasteiger partial charge is 0.416 e. The van der Waals surface area contributed by atoms with Crippen LogP contribution in [0.5, 0.6) is 0 Å². The summed E-state index contributed by atoms with van der Waals surface area (Å²) in [6.45, 7) is 9.67. The van der Waals surface area contributed by atoms with Crippen LogP contribution in [0.25, 0.3) is 16.6 Å². The number of fused-ring (bicyclic) bond motifs is 1. The fourth-order valence-corrected chi connectivity index (χ4v) is 5.19. The van der Waals surface area contributed by atoms with Gasteiger partial charge in [0.2, 0.25) is 0 Å². The van der Waals surface area contributed by atoms with E-state index < -0.39 is 11.7 Å². The molecule has 0 saturated heterocycles. The molecular formula is C31H42F3N7. The van der Waals surface area contributed by atoms with Crippen molar-refractivity contribution in [2.24, 2.45) is 5.92 Å². The third kappa shape index (κ3) is 8.33. The van der Waals surface area contributed by atoms with Crippen molar-refractivity contribution >= 4 is 16.6 Å². The number of rotatable bonds is 14. The molecule has 4 rings (SSSR count). The number of aromatic amines is 1. The minimum Gasteiger partial charge on any atom is -0.385 e. The lowest BCUT2D eigenvalue weighted by atomic mass is 10.00. The van der Waals surface area contributed by atoms with Crippen LogP contribution in [-0.2, 0) is 19.3 Å². The number of nitrogens with one attached hydrogen (secondary N) is 3. The van der Waals surface area contributed by atoms with Crippen molar-refractivity contribution in [3.63, 3.8) is 0 Å². The fourth-order valence-electron chi connectivity index (χ4n) is 5.19. The summed E-state index contributed by atoms with van der Waals surface area (Å²) in [6.07, 6.45) is 1.85. The smallest absolute Gasteiger partial charge is 0.385 e. The van der Waals surface area contributed by atoms with Gasteiger partial charge < -0.3 is 20.5 Å². The van der Waals surface area contributed by atoms with Gasteiger partial charge in [-0.2, -0.15) is 13.2 Å². The standard InChI is InChI=1S/C31H42F3N7/c1-21(8-6-7-12-35-18-26-16-24-15-25(31(32,33)34)9-10-29(24)38-26)11-13-36-30-17-27(41-20-37-39-23(41)3)14-22(2)28(30)19-40(4)5/h9-10,14-17,20-21,35-36,38H,6-8,11-13,18-19H2,1-5H3. The quantitative estimate of drug-likeness (QED) is 0.145. The van der Waals surface area contributed by atoms with E-state index in [9.17, 15) is 13.2 Å². The van der Waals surface area contributed by atoms with Crippen LogP contribution in [0.4, 0.5) is 18.9 Å². The molecule has 2 aromatic heterocycles. The normalized spacial score (nSPS) is 12.9. The highest BCUT2D eigenvalue weighted by molar-refractivity contribution is 5.81. The van der Waals surface area contributed by atoms with Crippen molar-refractivity contribution in [2.75, 3.05) is 32.5 Å². The molecule has 41 heavy (non-hydrogen) atoms. The summed E-state index contributed by atoms with van der Waals surface area (Å²) in [7, 11) is 4.18. The Hall–Kier alpha value is -3.37. The van der Waals surface area contributed by atoms with E-state index in [4.69, 9.17) is 0 Å². The molecule has 10 heteroatoms. The molecule has 0 radical (unpaired) electrons. The van der Waals surface area contributed by atoms with E-state index in [2.05, 4.69) is 70.8 Å². The average molecular weight is 570 g/mol. The van der Waals surface area contributed by atoms with Crippen LogP contribution in [0.2, 0.25) is 0 Å². The number of halogens is 3. The van der Waals surface area contributed by atoms with Gasteiger partial charge in [-0.25, -0.2) is 0 Å². The number of unbranched alkanes of at least 4 members (excludes halogenated alkanes) is 1. The van der Waals surface area contributed by atoms with Crippen LogP contribution in [0.3, 0.4) is 0 Å². The van der Waals surface area contributed by atoms with Crippen LogP contribution in [0.1, 0.15) is 60.8 Å². The molecule has 2 aromatic carbocycles. The highest BCUT2D eigenvalue weighted by Crippen LogP contribution is 2.31. The van der Waals surface area contributed by atoms with Gasteiger partial charge in [-0.1, -0.05) is 19.8 Å². The Morgan fingerprint density at radius 3 is 2.54 bits per heavy atom. The number of hydrogen-bond donors (Lipinski definition) is 3. The first-order valence-electron chi connectivity index (χ1n) is 14.3. The zero-order chi connectivity index (χ0) is 29.6. The maximum Gasteiger partial charge on any atom is 0.416 e. The lowest BCUT2D eigenvalue weighted by molar-refractivity contribution is -0.137. The molecule has 0 fully saturated rings. The Morgan fingerprint density at radius 2 is 1.83 bits per heavy atom. The number of hydrogen-bond acceptors (Lipinski definition) is 5. The number of H-pyrrole nitrogens is 1. The summed E-state index contributed by atoms with van der Waals surface area (Å²) in [5.41, 5.74) is 5.77. The van der Waals surface area contributed by atoms with Gasteiger partial charge in [-0.3, -0.25) is 4.57 Å². The molecule has 0 amide bonds. The van der Waals surface area contributed by atoms with Gasteiger partial charge in [0.1, 0.15) is 12.2 Å². The number of aromatic nitrogens is 4. The zero-order valence-corrected chi connectivity index (χ0v) is 24.7. The van der Waals surface area contributed by atoms with E-state index in [1.807, 2.05) is 11.5 Å². The molecule has 1 atom stereocenters. The number of aryl methyl sites for hydroxylation is 2. The molecule has 0 bridgehead atoms. The van der Waals surface area contributed by atoms with Gasteiger partial charge >= 0.3 is 6.18 Å². The fraction of sp³-hybridized carbons (Fsp3) is 0.484. The molecule has 3 N–H and O–H groups in total. The summed E-state index contributed by atoms with van der Waals surface area (Å²) in [4.78, 5) is 5.39. The van der Waals surface area contributed by atoms with E-state index in [-0.39, 0.29) is 0 Å². The van der Waals surface area contributed by atoms with Crippen molar-refractivity contribution in [1.29, 1.82) is 0 Å². The Kier molecular flexibility index (Phi) is 10.1. The van der Waals surface area contributed by atoms with Crippen LogP contribution < -0.4 is 10.6 Å². The molecule has 0 aliphatic carbocycles. The zero-order valence-electron chi connectivity index (χ0n) is 24.7. The first-order valence-corrected chi connectivity index (χ1v) is 14.3. The molecular weight excluding hydrogens is 527 g/mol. The predicted octanol–water partition coefficient (Wildman–Crippen LogP) is 6.84. The van der Waals surface area contributed by atoms with Gasteiger partial charge in [-0.05, 0) is 101 Å². The maximum absolute atomic E-state index is 13.0. The minimum atomic E-state index is -4.33. The third-order valence-corrected chi connectivity index (χ3v) is 7.50. The number of benzene rings is 2. The van der Waals surface area contributed by atoms with Crippen LogP contribution in [-0.4, -0.2) is 51.8 Å². The minimum absolute atomic E-state index is 0.587. The summed E-state index contributed by atoms with van der Waals surface area (Å²) in [5.74, 6) is 1.46. The molecule has 222 valence electrons. The first kappa shape index (κ1) is 30.6. The molecule has 0 saturated carbocycles. The first-order chi connectivity index (χ1) is 19.5. The van der Waals surface area contributed by atoms with Gasteiger partial charge in [0, 0.05) is 41.9 Å². The molecule has 1 unspecified atom stereocenters. The molecule has 0 spiro atoms. The van der Waals surface area contributed by atoms with Gasteiger partial charge in [0.15, 0.2) is 0 Å². The molecule has 4 aromatic rings. The van der Waals surface area contributed by atoms with Crippen LogP contribution in [0.15, 0.2) is 42.7 Å². The number of alkyl halides is 3. The second kappa shape index (κ2) is 13.5. The summed E-state index contributed by atoms with van der Waals surface area (Å²) < 4.78 is 40.9. The van der Waals surface area contributed by atoms with Crippen LogP contribution in [0, 0.1) is 19.8 Å². The number of nitrogens with zero attached hydrogens (tertiary/aromatic N) is 4. The van der Waals surface area contributed by atoms with Crippen molar-refractivity contribution in [3.05, 3.63) is 70.9 Å². The van der Waals surface area contributed by atoms with E-state index in [1.165, 1.54) is 23.3 Å². The topological polar surface area (TPSA) is 73.8 Å². The Labute approximate surface area is 240 Å². The average Bonchev–Trinajstić information content (AvgIpc) is 3.52. The summed E-state index contributed by atoms with van der Waals surface area (Å²) >= 11 is 0. The second-order valence-corrected chi connectivity index (χ2v) is 11.4. The van der Waals surface area contributed by atoms with Crippen LogP contribution >= 0.6 is 0 Å². The van der Waals surface area contributed by atoms with Crippen molar-refractivity contribution in [3.8, 4) is 5.69 Å².